The topological polar surface area (TPSA) is 73.2 Å². The summed E-state index contributed by atoms with van der Waals surface area (Å²) < 4.78 is 6.59. The average molecular weight is 319 g/mol. The molecule has 1 aromatic carbocycles. The lowest BCUT2D eigenvalue weighted by atomic mass is 10.1. The van der Waals surface area contributed by atoms with E-state index in [0.29, 0.717) is 5.56 Å². The first-order valence-corrected chi connectivity index (χ1v) is 7.62. The number of hydrogen-bond donors (Lipinski definition) is 1. The number of carbonyl (C=O) groups excluding carboxylic acids is 2. The molecule has 1 N–H and O–H groups in total. The number of ether oxygens (including phenoxy) is 1. The van der Waals surface area contributed by atoms with E-state index >= 15 is 0 Å². The fraction of sp³-hybridized carbons (Fsp3) is 0.267. The standard InChI is InChI=1S/C15H17N3O3S/c1-18-9-8-16-15(18)22-10-12(19)17-13(14(20)21-2)11-6-4-3-5-7-11/h3-9,13H,10H2,1-2H3,(H,17,19). The van der Waals surface area contributed by atoms with Gasteiger partial charge in [0.15, 0.2) is 11.2 Å². The summed E-state index contributed by atoms with van der Waals surface area (Å²) in [5, 5.41) is 3.43. The lowest BCUT2D eigenvalue weighted by Crippen LogP contribution is -2.35. The molecule has 6 nitrogen and oxygen atoms in total. The lowest BCUT2D eigenvalue weighted by molar-refractivity contribution is -0.145. The molecule has 0 radical (unpaired) electrons. The fourth-order valence-corrected chi connectivity index (χ4v) is 2.61. The highest BCUT2D eigenvalue weighted by Crippen LogP contribution is 2.17. The van der Waals surface area contributed by atoms with Crippen molar-refractivity contribution in [3.05, 3.63) is 48.3 Å². The maximum Gasteiger partial charge on any atom is 0.333 e. The number of benzene rings is 1. The molecule has 0 aliphatic rings. The fourth-order valence-electron chi connectivity index (χ4n) is 1.87. The third-order valence-electron chi connectivity index (χ3n) is 2.98. The summed E-state index contributed by atoms with van der Waals surface area (Å²) in [7, 11) is 3.15. The van der Waals surface area contributed by atoms with Crippen LogP contribution in [-0.2, 0) is 21.4 Å². The van der Waals surface area contributed by atoms with Crippen LogP contribution in [0.25, 0.3) is 0 Å². The van der Waals surface area contributed by atoms with Crippen molar-refractivity contribution >= 4 is 23.6 Å². The first-order valence-electron chi connectivity index (χ1n) is 6.64. The van der Waals surface area contributed by atoms with Gasteiger partial charge in [0.1, 0.15) is 0 Å². The Kier molecular flexibility index (Phi) is 5.60. The van der Waals surface area contributed by atoms with Gasteiger partial charge in [-0.05, 0) is 5.56 Å². The minimum Gasteiger partial charge on any atom is -0.467 e. The second-order valence-corrected chi connectivity index (χ2v) is 5.49. The summed E-state index contributed by atoms with van der Waals surface area (Å²) in [6, 6.07) is 8.19. The molecule has 22 heavy (non-hydrogen) atoms. The summed E-state index contributed by atoms with van der Waals surface area (Å²) in [6.07, 6.45) is 3.48. The van der Waals surface area contributed by atoms with Gasteiger partial charge in [-0.25, -0.2) is 9.78 Å². The summed E-state index contributed by atoms with van der Waals surface area (Å²) in [5.74, 6) is -0.584. The smallest absolute Gasteiger partial charge is 0.333 e. The van der Waals surface area contributed by atoms with Gasteiger partial charge in [-0.1, -0.05) is 42.1 Å². The Morgan fingerprint density at radius 1 is 1.36 bits per heavy atom. The molecule has 0 aliphatic heterocycles. The third-order valence-corrected chi connectivity index (χ3v) is 4.04. The zero-order chi connectivity index (χ0) is 15.9. The van der Waals surface area contributed by atoms with Crippen molar-refractivity contribution in [1.29, 1.82) is 0 Å². The van der Waals surface area contributed by atoms with E-state index in [1.165, 1.54) is 18.9 Å². The van der Waals surface area contributed by atoms with Gasteiger partial charge in [0.2, 0.25) is 5.91 Å². The van der Waals surface area contributed by atoms with E-state index in [1.54, 1.807) is 30.5 Å². The van der Waals surface area contributed by atoms with Crippen molar-refractivity contribution in [3.8, 4) is 0 Å². The van der Waals surface area contributed by atoms with Gasteiger partial charge in [0.05, 0.1) is 12.9 Å². The highest BCUT2D eigenvalue weighted by Gasteiger charge is 2.23. The SMILES string of the molecule is COC(=O)C(NC(=O)CSc1nccn1C)c1ccccc1. The second-order valence-electron chi connectivity index (χ2n) is 4.54. The van der Waals surface area contributed by atoms with Crippen molar-refractivity contribution in [1.82, 2.24) is 14.9 Å². The van der Waals surface area contributed by atoms with Crippen LogP contribution in [0.5, 0.6) is 0 Å². The molecule has 7 heteroatoms. The van der Waals surface area contributed by atoms with E-state index in [9.17, 15) is 9.59 Å². The molecule has 1 atom stereocenters. The number of amides is 1. The number of hydrogen-bond acceptors (Lipinski definition) is 5. The zero-order valence-corrected chi connectivity index (χ0v) is 13.2. The van der Waals surface area contributed by atoms with Crippen LogP contribution in [-0.4, -0.2) is 34.3 Å². The molecule has 0 saturated carbocycles. The second kappa shape index (κ2) is 7.65. The molecule has 2 aromatic rings. The largest absolute Gasteiger partial charge is 0.467 e. The molecule has 0 spiro atoms. The zero-order valence-electron chi connectivity index (χ0n) is 12.4. The predicted molar refractivity (Wildman–Crippen MR) is 83.3 cm³/mol. The van der Waals surface area contributed by atoms with Crippen LogP contribution in [0.4, 0.5) is 0 Å². The number of carbonyl (C=O) groups is 2. The average Bonchev–Trinajstić information content (AvgIpc) is 2.96. The molecule has 1 heterocycles. The molecular weight excluding hydrogens is 302 g/mol. The van der Waals surface area contributed by atoms with Crippen LogP contribution >= 0.6 is 11.8 Å². The van der Waals surface area contributed by atoms with Crippen LogP contribution in [0.1, 0.15) is 11.6 Å². The van der Waals surface area contributed by atoms with Crippen LogP contribution in [0, 0.1) is 0 Å². The van der Waals surface area contributed by atoms with Gasteiger partial charge >= 0.3 is 5.97 Å². The van der Waals surface area contributed by atoms with Crippen LogP contribution < -0.4 is 5.32 Å². The van der Waals surface area contributed by atoms with E-state index in [2.05, 4.69) is 10.3 Å². The summed E-state index contributed by atoms with van der Waals surface area (Å²) in [4.78, 5) is 28.1. The van der Waals surface area contributed by atoms with Gasteiger partial charge < -0.3 is 14.6 Å². The Morgan fingerprint density at radius 2 is 2.09 bits per heavy atom. The third kappa shape index (κ3) is 4.11. The van der Waals surface area contributed by atoms with Crippen LogP contribution in [0.2, 0.25) is 0 Å². The number of nitrogens with zero attached hydrogens (tertiary/aromatic N) is 2. The van der Waals surface area contributed by atoms with E-state index in [0.717, 1.165) is 5.16 Å². The molecule has 0 bridgehead atoms. The van der Waals surface area contributed by atoms with Crippen LogP contribution in [0.15, 0.2) is 47.9 Å². The molecule has 1 unspecified atom stereocenters. The summed E-state index contributed by atoms with van der Waals surface area (Å²) in [5.41, 5.74) is 0.685. The van der Waals surface area contributed by atoms with E-state index < -0.39 is 12.0 Å². The van der Waals surface area contributed by atoms with Crippen molar-refractivity contribution in [3.63, 3.8) is 0 Å². The first kappa shape index (κ1) is 16.1. The summed E-state index contributed by atoms with van der Waals surface area (Å²) in [6.45, 7) is 0. The predicted octanol–water partition coefficient (Wildman–Crippen LogP) is 1.54. The molecule has 116 valence electrons. The molecule has 0 aliphatic carbocycles. The van der Waals surface area contributed by atoms with E-state index in [4.69, 9.17) is 4.74 Å². The molecular formula is C15H17N3O3S. The number of nitrogens with one attached hydrogen (secondary N) is 1. The quantitative estimate of drug-likeness (QED) is 0.646. The summed E-state index contributed by atoms with van der Waals surface area (Å²) >= 11 is 1.31. The van der Waals surface area contributed by atoms with Crippen molar-refractivity contribution in [2.24, 2.45) is 7.05 Å². The van der Waals surface area contributed by atoms with Gasteiger partial charge in [-0.2, -0.15) is 0 Å². The van der Waals surface area contributed by atoms with Gasteiger partial charge in [0.25, 0.3) is 0 Å². The number of methoxy groups -OCH3 is 1. The van der Waals surface area contributed by atoms with E-state index in [1.807, 2.05) is 23.9 Å². The van der Waals surface area contributed by atoms with Gasteiger partial charge in [-0.15, -0.1) is 0 Å². The first-order chi connectivity index (χ1) is 10.6. The molecule has 0 saturated heterocycles. The number of aromatic nitrogens is 2. The van der Waals surface area contributed by atoms with E-state index in [-0.39, 0.29) is 11.7 Å². The number of thioether (sulfide) groups is 1. The Labute approximate surface area is 132 Å². The van der Waals surface area contributed by atoms with Crippen LogP contribution in [0.3, 0.4) is 0 Å². The number of esters is 1. The molecule has 1 aromatic heterocycles. The Balaban J connectivity index is 1.99. The van der Waals surface area contributed by atoms with Gasteiger partial charge in [-0.3, -0.25) is 4.79 Å². The lowest BCUT2D eigenvalue weighted by Gasteiger charge is -2.16. The van der Waals surface area contributed by atoms with Crippen molar-refractivity contribution < 1.29 is 14.3 Å². The van der Waals surface area contributed by atoms with Crippen molar-refractivity contribution in [2.75, 3.05) is 12.9 Å². The maximum absolute atomic E-state index is 12.1. The highest BCUT2D eigenvalue weighted by molar-refractivity contribution is 7.99. The molecule has 2 rings (SSSR count). The number of aryl methyl sites for hydroxylation is 1. The maximum atomic E-state index is 12.1. The minimum atomic E-state index is -0.805. The Bertz CT molecular complexity index is 642. The minimum absolute atomic E-state index is 0.172. The molecule has 1 amide bonds. The highest BCUT2D eigenvalue weighted by atomic mass is 32.2. The Hall–Kier alpha value is -2.28. The normalized spacial score (nSPS) is 11.7. The Morgan fingerprint density at radius 3 is 2.68 bits per heavy atom. The number of rotatable bonds is 6. The number of imidazole rings is 1. The van der Waals surface area contributed by atoms with Crippen molar-refractivity contribution in [2.45, 2.75) is 11.2 Å². The van der Waals surface area contributed by atoms with Gasteiger partial charge in [0, 0.05) is 19.4 Å². The monoisotopic (exact) mass is 319 g/mol. The molecule has 0 fully saturated rings.